The third-order valence-corrected chi connectivity index (χ3v) is 7.13. The van der Waals surface area contributed by atoms with Crippen molar-refractivity contribution in [1.82, 2.24) is 24.8 Å². The molecule has 2 aromatic carbocycles. The highest BCUT2D eigenvalue weighted by Crippen LogP contribution is 2.25. The fourth-order valence-corrected chi connectivity index (χ4v) is 4.28. The molecule has 10 nitrogen and oxygen atoms in total. The largest absolute Gasteiger partial charge is 0.479 e. The number of rotatable bonds is 8. The lowest BCUT2D eigenvalue weighted by Gasteiger charge is -2.32. The summed E-state index contributed by atoms with van der Waals surface area (Å²) in [6.07, 6.45) is 5.22. The van der Waals surface area contributed by atoms with E-state index in [2.05, 4.69) is 42.4 Å². The monoisotopic (exact) mass is 621 g/mol. The van der Waals surface area contributed by atoms with Crippen LogP contribution in [-0.4, -0.2) is 79.8 Å². The Morgan fingerprint density at radius 1 is 1.00 bits per heavy atom. The van der Waals surface area contributed by atoms with Crippen LogP contribution >= 0.6 is 23.2 Å². The Bertz CT molecular complexity index is 1510. The molecule has 3 heterocycles. The number of anilines is 3. The zero-order valence-corrected chi connectivity index (χ0v) is 25.4. The lowest BCUT2D eigenvalue weighted by molar-refractivity contribution is -0.135. The van der Waals surface area contributed by atoms with Crippen LogP contribution in [0.5, 0.6) is 0 Å². The van der Waals surface area contributed by atoms with Gasteiger partial charge in [0.25, 0.3) is 5.91 Å². The van der Waals surface area contributed by atoms with Gasteiger partial charge in [-0.1, -0.05) is 41.4 Å². The van der Waals surface area contributed by atoms with Crippen LogP contribution in [-0.2, 0) is 11.3 Å². The average Bonchev–Trinajstić information content (AvgIpc) is 3.01. The number of nitrogens with zero attached hydrogens (tertiary/aromatic N) is 5. The summed E-state index contributed by atoms with van der Waals surface area (Å²) in [6, 6.07) is 19.3. The number of alkyl halides is 2. The second-order valence-electron chi connectivity index (χ2n) is 10.0. The Balaban J connectivity index is 0.000000641. The number of carbonyl (C=O) groups is 2. The number of amides is 1. The number of hydrogen-bond donors (Lipinski definition) is 3. The predicted molar refractivity (Wildman–Crippen MR) is 170 cm³/mol. The SMILES string of the molecule is Cc1ccc(NC(=O)c2ccc(CN3CCN(C)CC3)cc2)cc1Nc1nccc(-c2cccnc2)n1.O=C(O)C(Cl)Cl. The summed E-state index contributed by atoms with van der Waals surface area (Å²) in [7, 11) is 2.16. The van der Waals surface area contributed by atoms with E-state index in [1.807, 2.05) is 67.6 Å². The molecule has 1 fully saturated rings. The maximum atomic E-state index is 12.9. The van der Waals surface area contributed by atoms with Gasteiger partial charge < -0.3 is 20.6 Å². The van der Waals surface area contributed by atoms with E-state index in [1.165, 1.54) is 5.56 Å². The molecule has 0 aliphatic carbocycles. The van der Waals surface area contributed by atoms with Crippen molar-refractivity contribution >= 4 is 52.4 Å². The molecule has 43 heavy (non-hydrogen) atoms. The van der Waals surface area contributed by atoms with E-state index in [0.29, 0.717) is 17.2 Å². The molecule has 3 N–H and O–H groups in total. The standard InChI is InChI=1S/C29H31N7O.C2H2Cl2O2/c1-21-5-10-25(18-27(21)34-29-31-13-11-26(33-29)24-4-3-12-30-19-24)32-28(37)23-8-6-22(7-9-23)20-36-16-14-35(2)15-17-36;3-1(4)2(5)6/h3-13,18-19H,14-17,20H2,1-2H3,(H,32,37)(H,31,33,34);1H,(H,5,6). The third-order valence-electron chi connectivity index (χ3n) is 6.76. The van der Waals surface area contributed by atoms with E-state index in [1.54, 1.807) is 18.6 Å². The molecule has 0 saturated carbocycles. The second-order valence-corrected chi connectivity index (χ2v) is 11.1. The summed E-state index contributed by atoms with van der Waals surface area (Å²) >= 11 is 9.56. The number of pyridine rings is 1. The maximum Gasteiger partial charge on any atom is 0.337 e. The highest BCUT2D eigenvalue weighted by Gasteiger charge is 2.14. The number of likely N-dealkylation sites (N-methyl/N-ethyl adjacent to an activating group) is 1. The first-order valence-corrected chi connectivity index (χ1v) is 14.5. The molecule has 1 amide bonds. The van der Waals surface area contributed by atoms with Crippen LogP contribution < -0.4 is 10.6 Å². The summed E-state index contributed by atoms with van der Waals surface area (Å²) in [5.41, 5.74) is 6.08. The number of carboxylic acids is 1. The van der Waals surface area contributed by atoms with Crippen molar-refractivity contribution in [2.75, 3.05) is 43.9 Å². The molecule has 4 aromatic rings. The van der Waals surface area contributed by atoms with Gasteiger partial charge in [0, 0.05) is 73.8 Å². The molecule has 1 saturated heterocycles. The van der Waals surface area contributed by atoms with Gasteiger partial charge in [-0.25, -0.2) is 14.8 Å². The van der Waals surface area contributed by atoms with Crippen LogP contribution in [0.4, 0.5) is 17.3 Å². The first-order valence-electron chi connectivity index (χ1n) is 13.6. The van der Waals surface area contributed by atoms with Gasteiger partial charge in [0.15, 0.2) is 0 Å². The van der Waals surface area contributed by atoms with Crippen molar-refractivity contribution in [2.45, 2.75) is 18.3 Å². The van der Waals surface area contributed by atoms with Gasteiger partial charge in [-0.05, 0) is 67.6 Å². The molecular weight excluding hydrogens is 589 g/mol. The van der Waals surface area contributed by atoms with E-state index < -0.39 is 10.8 Å². The van der Waals surface area contributed by atoms with E-state index >= 15 is 0 Å². The number of aryl methyl sites for hydroxylation is 1. The minimum absolute atomic E-state index is 0.143. The minimum atomic E-state index is -1.29. The van der Waals surface area contributed by atoms with Crippen LogP contribution in [0.1, 0.15) is 21.5 Å². The molecule has 0 spiro atoms. The number of benzene rings is 2. The van der Waals surface area contributed by atoms with E-state index in [-0.39, 0.29) is 5.91 Å². The van der Waals surface area contributed by atoms with Crippen molar-refractivity contribution in [3.63, 3.8) is 0 Å². The molecule has 2 aromatic heterocycles. The zero-order chi connectivity index (χ0) is 30.8. The summed E-state index contributed by atoms with van der Waals surface area (Å²) in [4.78, 5) is 39.0. The molecule has 1 aliphatic rings. The lowest BCUT2D eigenvalue weighted by atomic mass is 10.1. The van der Waals surface area contributed by atoms with E-state index in [9.17, 15) is 9.59 Å². The highest BCUT2D eigenvalue weighted by atomic mass is 35.5. The van der Waals surface area contributed by atoms with Crippen LogP contribution in [0.25, 0.3) is 11.3 Å². The van der Waals surface area contributed by atoms with Gasteiger partial charge in [0.1, 0.15) is 0 Å². The van der Waals surface area contributed by atoms with Crippen molar-refractivity contribution in [2.24, 2.45) is 0 Å². The maximum absolute atomic E-state index is 12.9. The Morgan fingerprint density at radius 3 is 2.37 bits per heavy atom. The van der Waals surface area contributed by atoms with Crippen LogP contribution in [0, 0.1) is 6.92 Å². The molecule has 0 radical (unpaired) electrons. The second kappa shape index (κ2) is 15.4. The van der Waals surface area contributed by atoms with Gasteiger partial charge in [-0.2, -0.15) is 0 Å². The minimum Gasteiger partial charge on any atom is -0.479 e. The smallest absolute Gasteiger partial charge is 0.337 e. The number of carboxylic acid groups (broad SMARTS) is 1. The average molecular weight is 623 g/mol. The fraction of sp³-hybridized carbons (Fsp3) is 0.258. The molecule has 0 unspecified atom stereocenters. The molecule has 0 atom stereocenters. The molecule has 1 aliphatic heterocycles. The first kappa shape index (κ1) is 31.8. The zero-order valence-electron chi connectivity index (χ0n) is 23.9. The van der Waals surface area contributed by atoms with Crippen molar-refractivity contribution < 1.29 is 14.7 Å². The Hall–Kier alpha value is -4.09. The Labute approximate surface area is 260 Å². The Morgan fingerprint density at radius 2 is 1.72 bits per heavy atom. The lowest BCUT2D eigenvalue weighted by Crippen LogP contribution is -2.43. The third kappa shape index (κ3) is 9.72. The van der Waals surface area contributed by atoms with Crippen LogP contribution in [0.15, 0.2) is 79.3 Å². The summed E-state index contributed by atoms with van der Waals surface area (Å²) in [5.74, 6) is -0.877. The number of aromatic nitrogens is 3. The Kier molecular flexibility index (Phi) is 11.4. The van der Waals surface area contributed by atoms with Gasteiger partial charge in [-0.3, -0.25) is 14.7 Å². The highest BCUT2D eigenvalue weighted by molar-refractivity contribution is 6.52. The quantitative estimate of drug-likeness (QED) is 0.220. The van der Waals surface area contributed by atoms with Crippen LogP contribution in [0.3, 0.4) is 0 Å². The summed E-state index contributed by atoms with van der Waals surface area (Å²) in [6.45, 7) is 7.24. The van der Waals surface area contributed by atoms with Crippen molar-refractivity contribution in [3.8, 4) is 11.3 Å². The van der Waals surface area contributed by atoms with Gasteiger partial charge in [0.2, 0.25) is 10.8 Å². The molecule has 0 bridgehead atoms. The van der Waals surface area contributed by atoms with Crippen LogP contribution in [0.2, 0.25) is 0 Å². The number of aliphatic carboxylic acids is 1. The van der Waals surface area contributed by atoms with Crippen molar-refractivity contribution in [1.29, 1.82) is 0 Å². The fourth-order valence-electron chi connectivity index (χ4n) is 4.28. The normalized spacial score (nSPS) is 13.6. The number of hydrogen-bond acceptors (Lipinski definition) is 8. The summed E-state index contributed by atoms with van der Waals surface area (Å²) in [5, 5.41) is 14.0. The number of piperazine rings is 1. The number of nitrogens with one attached hydrogen (secondary N) is 2. The first-order chi connectivity index (χ1) is 20.7. The van der Waals surface area contributed by atoms with Gasteiger partial charge in [-0.15, -0.1) is 0 Å². The van der Waals surface area contributed by atoms with E-state index in [4.69, 9.17) is 28.3 Å². The molecule has 5 rings (SSSR count). The predicted octanol–water partition coefficient (Wildman–Crippen LogP) is 5.47. The number of halogens is 2. The summed E-state index contributed by atoms with van der Waals surface area (Å²) < 4.78 is 0. The number of carbonyl (C=O) groups excluding carboxylic acids is 1. The van der Waals surface area contributed by atoms with Crippen molar-refractivity contribution in [3.05, 3.63) is 95.9 Å². The molecule has 224 valence electrons. The van der Waals surface area contributed by atoms with Gasteiger partial charge >= 0.3 is 5.97 Å². The van der Waals surface area contributed by atoms with Gasteiger partial charge in [0.05, 0.1) is 5.69 Å². The molecular formula is C31H33Cl2N7O3. The molecule has 12 heteroatoms. The van der Waals surface area contributed by atoms with E-state index in [0.717, 1.165) is 55.2 Å². The topological polar surface area (TPSA) is 124 Å².